The number of para-hydroxylation sites is 1. The molecule has 14 heavy (non-hydrogen) atoms. The van der Waals surface area contributed by atoms with Gasteiger partial charge in [0, 0.05) is 11.9 Å². The zero-order valence-corrected chi connectivity index (χ0v) is 8.58. The molecule has 0 bridgehead atoms. The van der Waals surface area contributed by atoms with Gasteiger partial charge < -0.3 is 10.4 Å². The molecule has 1 amide bonds. The Labute approximate surface area is 87.7 Å². The van der Waals surface area contributed by atoms with Crippen LogP contribution in [0.4, 0.5) is 0 Å². The van der Waals surface area contributed by atoms with E-state index in [9.17, 15) is 9.90 Å². The normalized spacial score (nSPS) is 12.1. The van der Waals surface area contributed by atoms with Crippen molar-refractivity contribution in [3.8, 4) is 5.75 Å². The van der Waals surface area contributed by atoms with Crippen LogP contribution in [-0.2, 0) is 0 Å². The van der Waals surface area contributed by atoms with Crippen LogP contribution in [0.5, 0.6) is 5.75 Å². The minimum Gasteiger partial charge on any atom is -0.507 e. The number of rotatable bonds is 3. The number of hydrogen-bond donors (Lipinski definition) is 2. The quantitative estimate of drug-likeness (QED) is 0.752. The van der Waals surface area contributed by atoms with Gasteiger partial charge in [-0.2, -0.15) is 0 Å². The van der Waals surface area contributed by atoms with Gasteiger partial charge >= 0.3 is 0 Å². The third kappa shape index (κ3) is 2.92. The number of hydrogen-bond acceptors (Lipinski definition) is 2. The summed E-state index contributed by atoms with van der Waals surface area (Å²) in [7, 11) is 0. The fourth-order valence-corrected chi connectivity index (χ4v) is 1.07. The fourth-order valence-electron chi connectivity index (χ4n) is 0.994. The van der Waals surface area contributed by atoms with E-state index in [2.05, 4.69) is 5.32 Å². The van der Waals surface area contributed by atoms with Gasteiger partial charge in [0.15, 0.2) is 0 Å². The molecule has 0 fully saturated rings. The van der Waals surface area contributed by atoms with Gasteiger partial charge in [-0.15, -0.1) is 11.6 Å². The zero-order valence-electron chi connectivity index (χ0n) is 7.83. The first-order chi connectivity index (χ1) is 6.61. The lowest BCUT2D eigenvalue weighted by atomic mass is 10.2. The Bertz CT molecular complexity index is 326. The molecule has 1 aromatic rings. The number of carbonyl (C=O) groups excluding carboxylic acids is 1. The average molecular weight is 214 g/mol. The highest BCUT2D eigenvalue weighted by molar-refractivity contribution is 6.20. The van der Waals surface area contributed by atoms with Crippen molar-refractivity contribution in [3.63, 3.8) is 0 Å². The van der Waals surface area contributed by atoms with Gasteiger partial charge in [-0.25, -0.2) is 0 Å². The Balaban J connectivity index is 2.65. The predicted octanol–water partition coefficient (Wildman–Crippen LogP) is 1.75. The van der Waals surface area contributed by atoms with Crippen molar-refractivity contribution in [2.45, 2.75) is 12.3 Å². The summed E-state index contributed by atoms with van der Waals surface area (Å²) in [6.45, 7) is 2.17. The fraction of sp³-hybridized carbons (Fsp3) is 0.300. The molecule has 0 aliphatic rings. The lowest BCUT2D eigenvalue weighted by molar-refractivity contribution is 0.0951. The topological polar surface area (TPSA) is 49.3 Å². The molecule has 0 saturated heterocycles. The molecule has 0 aliphatic heterocycles. The highest BCUT2D eigenvalue weighted by Gasteiger charge is 2.09. The molecule has 2 N–H and O–H groups in total. The van der Waals surface area contributed by atoms with Crippen molar-refractivity contribution >= 4 is 17.5 Å². The minimum absolute atomic E-state index is 0.0211. The molecule has 0 heterocycles. The standard InChI is InChI=1S/C10H12ClNO2/c1-7(11)6-12-10(14)8-4-2-3-5-9(8)13/h2-5,7,13H,6H2,1H3,(H,12,14). The Morgan fingerprint density at radius 2 is 2.21 bits per heavy atom. The van der Waals surface area contributed by atoms with Crippen LogP contribution >= 0.6 is 11.6 Å². The van der Waals surface area contributed by atoms with E-state index < -0.39 is 0 Å². The maximum atomic E-state index is 11.4. The van der Waals surface area contributed by atoms with Crippen LogP contribution in [0.2, 0.25) is 0 Å². The van der Waals surface area contributed by atoms with Gasteiger partial charge in [0.2, 0.25) is 0 Å². The molecule has 1 aromatic carbocycles. The molecule has 4 heteroatoms. The van der Waals surface area contributed by atoms with Gasteiger partial charge in [-0.3, -0.25) is 4.79 Å². The number of phenols is 1. The lowest BCUT2D eigenvalue weighted by Gasteiger charge is -2.07. The summed E-state index contributed by atoms with van der Waals surface area (Å²) in [6.07, 6.45) is 0. The highest BCUT2D eigenvalue weighted by atomic mass is 35.5. The largest absolute Gasteiger partial charge is 0.507 e. The van der Waals surface area contributed by atoms with Crippen molar-refractivity contribution in [3.05, 3.63) is 29.8 Å². The van der Waals surface area contributed by atoms with Crippen LogP contribution in [0, 0.1) is 0 Å². The summed E-state index contributed by atoms with van der Waals surface area (Å²) in [5, 5.41) is 11.8. The summed E-state index contributed by atoms with van der Waals surface area (Å²) in [6, 6.07) is 6.39. The highest BCUT2D eigenvalue weighted by Crippen LogP contribution is 2.14. The van der Waals surface area contributed by atoms with Gasteiger partial charge in [0.25, 0.3) is 5.91 Å². The number of halogens is 1. The summed E-state index contributed by atoms with van der Waals surface area (Å²) in [4.78, 5) is 11.4. The summed E-state index contributed by atoms with van der Waals surface area (Å²) >= 11 is 5.67. The second-order valence-electron chi connectivity index (χ2n) is 3.01. The molecule has 1 rings (SSSR count). The number of nitrogens with one attached hydrogen (secondary N) is 1. The van der Waals surface area contributed by atoms with Gasteiger partial charge in [-0.1, -0.05) is 12.1 Å². The van der Waals surface area contributed by atoms with Crippen molar-refractivity contribution < 1.29 is 9.90 Å². The first-order valence-electron chi connectivity index (χ1n) is 4.31. The first kappa shape index (κ1) is 10.9. The van der Waals surface area contributed by atoms with Crippen molar-refractivity contribution in [2.75, 3.05) is 6.54 Å². The van der Waals surface area contributed by atoms with Crippen LogP contribution in [-0.4, -0.2) is 22.9 Å². The third-order valence-corrected chi connectivity index (χ3v) is 1.85. The molecule has 0 aliphatic carbocycles. The van der Waals surface area contributed by atoms with Crippen molar-refractivity contribution in [1.29, 1.82) is 0 Å². The monoisotopic (exact) mass is 213 g/mol. The van der Waals surface area contributed by atoms with E-state index in [1.54, 1.807) is 25.1 Å². The number of carbonyl (C=O) groups is 1. The molecule has 0 saturated carbocycles. The number of amides is 1. The Morgan fingerprint density at radius 3 is 2.79 bits per heavy atom. The first-order valence-corrected chi connectivity index (χ1v) is 4.75. The van der Waals surface area contributed by atoms with Crippen LogP contribution in [0.25, 0.3) is 0 Å². The minimum atomic E-state index is -0.310. The van der Waals surface area contributed by atoms with E-state index in [1.807, 2.05) is 0 Å². The maximum absolute atomic E-state index is 11.4. The SMILES string of the molecule is CC(Cl)CNC(=O)c1ccccc1O. The molecular weight excluding hydrogens is 202 g/mol. The Morgan fingerprint density at radius 1 is 1.57 bits per heavy atom. The molecule has 0 spiro atoms. The molecule has 76 valence electrons. The average Bonchev–Trinajstić information content (AvgIpc) is 2.15. The number of benzene rings is 1. The zero-order chi connectivity index (χ0) is 10.6. The Kier molecular flexibility index (Phi) is 3.77. The van der Waals surface area contributed by atoms with Crippen molar-refractivity contribution in [1.82, 2.24) is 5.32 Å². The smallest absolute Gasteiger partial charge is 0.255 e. The second kappa shape index (κ2) is 4.86. The second-order valence-corrected chi connectivity index (χ2v) is 3.75. The molecule has 0 radical (unpaired) electrons. The van der Waals surface area contributed by atoms with Gasteiger partial charge in [0.1, 0.15) is 5.75 Å². The summed E-state index contributed by atoms with van der Waals surface area (Å²) in [5.41, 5.74) is 0.268. The molecule has 0 aromatic heterocycles. The van der Waals surface area contributed by atoms with Crippen LogP contribution in [0.1, 0.15) is 17.3 Å². The van der Waals surface area contributed by atoms with E-state index in [-0.39, 0.29) is 22.6 Å². The number of aromatic hydroxyl groups is 1. The third-order valence-electron chi connectivity index (χ3n) is 1.69. The lowest BCUT2D eigenvalue weighted by Crippen LogP contribution is -2.28. The molecular formula is C10H12ClNO2. The van der Waals surface area contributed by atoms with E-state index >= 15 is 0 Å². The summed E-state index contributed by atoms with van der Waals surface area (Å²) < 4.78 is 0. The maximum Gasteiger partial charge on any atom is 0.255 e. The van der Waals surface area contributed by atoms with Crippen molar-refractivity contribution in [2.24, 2.45) is 0 Å². The van der Waals surface area contributed by atoms with Gasteiger partial charge in [-0.05, 0) is 19.1 Å². The van der Waals surface area contributed by atoms with Crippen LogP contribution < -0.4 is 5.32 Å². The van der Waals surface area contributed by atoms with Gasteiger partial charge in [0.05, 0.1) is 5.56 Å². The predicted molar refractivity (Wildman–Crippen MR) is 55.8 cm³/mol. The summed E-state index contributed by atoms with van der Waals surface area (Å²) in [5.74, 6) is -0.331. The Hall–Kier alpha value is -1.22. The van der Waals surface area contributed by atoms with E-state index in [0.717, 1.165) is 0 Å². The van der Waals surface area contributed by atoms with Crippen LogP contribution in [0.15, 0.2) is 24.3 Å². The number of alkyl halides is 1. The number of phenolic OH excluding ortho intramolecular Hbond substituents is 1. The van der Waals surface area contributed by atoms with Crippen LogP contribution in [0.3, 0.4) is 0 Å². The molecule has 1 atom stereocenters. The molecule has 3 nitrogen and oxygen atoms in total. The van der Waals surface area contributed by atoms with E-state index in [4.69, 9.17) is 11.6 Å². The molecule has 1 unspecified atom stereocenters. The van der Waals surface area contributed by atoms with E-state index in [1.165, 1.54) is 6.07 Å². The van der Waals surface area contributed by atoms with E-state index in [0.29, 0.717) is 6.54 Å².